The summed E-state index contributed by atoms with van der Waals surface area (Å²) in [7, 11) is 0. The van der Waals surface area contributed by atoms with Crippen molar-refractivity contribution >= 4 is 33.3 Å². The van der Waals surface area contributed by atoms with E-state index >= 15 is 0 Å². The Kier molecular flexibility index (Phi) is 5.00. The van der Waals surface area contributed by atoms with E-state index in [4.69, 9.17) is 14.5 Å². The van der Waals surface area contributed by atoms with Crippen LogP contribution < -0.4 is 5.56 Å². The fourth-order valence-electron chi connectivity index (χ4n) is 3.84. The van der Waals surface area contributed by atoms with Gasteiger partial charge in [0.25, 0.3) is 5.56 Å². The number of nitrogens with zero attached hydrogens (tertiary/aromatic N) is 2. The first-order chi connectivity index (χ1) is 13.7. The number of thiophene rings is 1. The van der Waals surface area contributed by atoms with E-state index in [2.05, 4.69) is 6.92 Å². The van der Waals surface area contributed by atoms with Crippen molar-refractivity contribution < 1.29 is 9.47 Å². The molecule has 0 spiro atoms. The maximum absolute atomic E-state index is 13.6. The molecule has 3 aromatic rings. The van der Waals surface area contributed by atoms with Gasteiger partial charge in [-0.25, -0.2) is 4.98 Å². The highest BCUT2D eigenvalue weighted by Gasteiger charge is 2.24. The Bertz CT molecular complexity index is 1070. The van der Waals surface area contributed by atoms with E-state index in [-0.39, 0.29) is 11.7 Å². The SMILES string of the molecule is Cc1ccc(-n2c(SC[C@H]3CCOCO3)nc3sc4c(c3c2=O)CCC4)cc1. The fourth-order valence-corrected chi connectivity index (χ4v) is 6.22. The molecule has 2 aromatic heterocycles. The molecule has 0 N–H and O–H groups in total. The normalized spacial score (nSPS) is 19.2. The predicted octanol–water partition coefficient (Wildman–Crippen LogP) is 4.10. The molecule has 3 heterocycles. The molecule has 0 saturated carbocycles. The van der Waals surface area contributed by atoms with Crippen LogP contribution in [0, 0.1) is 6.92 Å². The Labute approximate surface area is 171 Å². The standard InChI is InChI=1S/C21H22N2O3S2/c1-13-5-7-14(8-6-13)23-20(24)18-16-3-2-4-17(16)28-19(18)22-21(23)27-11-15-9-10-25-12-26-15/h5-8,15H,2-4,9-12H2,1H3/t15-/m1/s1. The van der Waals surface area contributed by atoms with Gasteiger partial charge in [0.2, 0.25) is 0 Å². The van der Waals surface area contributed by atoms with Crippen molar-refractivity contribution in [3.8, 4) is 5.69 Å². The van der Waals surface area contributed by atoms with Gasteiger partial charge in [-0.15, -0.1) is 11.3 Å². The highest BCUT2D eigenvalue weighted by molar-refractivity contribution is 7.99. The minimum atomic E-state index is 0.0589. The van der Waals surface area contributed by atoms with E-state index in [1.165, 1.54) is 16.0 Å². The van der Waals surface area contributed by atoms with Crippen molar-refractivity contribution in [3.63, 3.8) is 0 Å². The largest absolute Gasteiger partial charge is 0.355 e. The molecule has 5 rings (SSSR count). The summed E-state index contributed by atoms with van der Waals surface area (Å²) in [6.45, 7) is 3.12. The molecule has 0 amide bonds. The van der Waals surface area contributed by atoms with Crippen LogP contribution in [0.4, 0.5) is 0 Å². The predicted molar refractivity (Wildman–Crippen MR) is 113 cm³/mol. The first-order valence-electron chi connectivity index (χ1n) is 9.67. The summed E-state index contributed by atoms with van der Waals surface area (Å²) in [4.78, 5) is 20.7. The van der Waals surface area contributed by atoms with Gasteiger partial charge in [0.1, 0.15) is 11.6 Å². The molecular weight excluding hydrogens is 392 g/mol. The maximum atomic E-state index is 13.6. The molecule has 1 saturated heterocycles. The Hall–Kier alpha value is -1.67. The van der Waals surface area contributed by atoms with Crippen LogP contribution in [0.3, 0.4) is 0 Å². The minimum absolute atomic E-state index is 0.0589. The van der Waals surface area contributed by atoms with Gasteiger partial charge in [0, 0.05) is 10.6 Å². The fraction of sp³-hybridized carbons (Fsp3) is 0.429. The number of benzene rings is 1. The Morgan fingerprint density at radius 2 is 2.14 bits per heavy atom. The summed E-state index contributed by atoms with van der Waals surface area (Å²) in [5.41, 5.74) is 3.33. The summed E-state index contributed by atoms with van der Waals surface area (Å²) >= 11 is 3.29. The van der Waals surface area contributed by atoms with Crippen molar-refractivity contribution in [2.75, 3.05) is 19.2 Å². The van der Waals surface area contributed by atoms with Crippen molar-refractivity contribution in [3.05, 3.63) is 50.6 Å². The second kappa shape index (κ2) is 7.63. The Morgan fingerprint density at radius 1 is 1.29 bits per heavy atom. The van der Waals surface area contributed by atoms with Gasteiger partial charge in [0.05, 0.1) is 23.8 Å². The lowest BCUT2D eigenvalue weighted by atomic mass is 10.2. The van der Waals surface area contributed by atoms with E-state index in [1.54, 1.807) is 27.7 Å². The quantitative estimate of drug-likeness (QED) is 0.475. The van der Waals surface area contributed by atoms with Gasteiger partial charge in [-0.1, -0.05) is 29.5 Å². The van der Waals surface area contributed by atoms with Crippen molar-refractivity contribution in [2.45, 2.75) is 43.9 Å². The molecule has 146 valence electrons. The average Bonchev–Trinajstić information content (AvgIpc) is 3.29. The van der Waals surface area contributed by atoms with Crippen molar-refractivity contribution in [1.29, 1.82) is 0 Å². The zero-order chi connectivity index (χ0) is 19.1. The number of hydrogen-bond donors (Lipinski definition) is 0. The van der Waals surface area contributed by atoms with E-state index in [0.717, 1.165) is 59.1 Å². The molecule has 2 aliphatic rings. The van der Waals surface area contributed by atoms with Crippen molar-refractivity contribution in [1.82, 2.24) is 9.55 Å². The van der Waals surface area contributed by atoms with Crippen LogP contribution >= 0.6 is 23.1 Å². The average molecular weight is 415 g/mol. The first-order valence-corrected chi connectivity index (χ1v) is 11.5. The number of aryl methyl sites for hydroxylation is 3. The van der Waals surface area contributed by atoms with Crippen LogP contribution in [0.1, 0.15) is 28.8 Å². The summed E-state index contributed by atoms with van der Waals surface area (Å²) in [6.07, 6.45) is 4.20. The minimum Gasteiger partial charge on any atom is -0.355 e. The molecule has 1 atom stereocenters. The van der Waals surface area contributed by atoms with Gasteiger partial charge in [-0.2, -0.15) is 0 Å². The topological polar surface area (TPSA) is 53.4 Å². The summed E-state index contributed by atoms with van der Waals surface area (Å²) in [6, 6.07) is 8.10. The smallest absolute Gasteiger partial charge is 0.267 e. The third-order valence-corrected chi connectivity index (χ3v) is 7.63. The number of aromatic nitrogens is 2. The third kappa shape index (κ3) is 3.30. The highest BCUT2D eigenvalue weighted by atomic mass is 32.2. The molecule has 0 unspecified atom stereocenters. The number of fused-ring (bicyclic) bond motifs is 3. The first kappa shape index (κ1) is 18.4. The van der Waals surface area contributed by atoms with Gasteiger partial charge >= 0.3 is 0 Å². The van der Waals surface area contributed by atoms with E-state index in [9.17, 15) is 4.79 Å². The molecule has 1 aliphatic carbocycles. The van der Waals surface area contributed by atoms with Crippen LogP contribution in [-0.4, -0.2) is 34.8 Å². The molecule has 0 bridgehead atoms. The second-order valence-corrected chi connectivity index (χ2v) is 9.39. The van der Waals surface area contributed by atoms with E-state index in [1.807, 2.05) is 24.3 Å². The Balaban J connectivity index is 1.61. The summed E-state index contributed by atoms with van der Waals surface area (Å²) in [5, 5.41) is 1.57. The van der Waals surface area contributed by atoms with Crippen LogP contribution in [0.15, 0.2) is 34.2 Å². The van der Waals surface area contributed by atoms with Crippen LogP contribution in [0.25, 0.3) is 15.9 Å². The second-order valence-electron chi connectivity index (χ2n) is 7.32. The van der Waals surface area contributed by atoms with E-state index in [0.29, 0.717) is 6.79 Å². The number of ether oxygens (including phenoxy) is 2. The summed E-state index contributed by atoms with van der Waals surface area (Å²) in [5.74, 6) is 0.762. The van der Waals surface area contributed by atoms with Gasteiger partial charge in [-0.05, 0) is 50.3 Å². The van der Waals surface area contributed by atoms with Crippen LogP contribution in [0.5, 0.6) is 0 Å². The van der Waals surface area contributed by atoms with Crippen LogP contribution in [0.2, 0.25) is 0 Å². The zero-order valence-corrected chi connectivity index (χ0v) is 17.4. The van der Waals surface area contributed by atoms with Gasteiger partial charge < -0.3 is 9.47 Å². The number of hydrogen-bond acceptors (Lipinski definition) is 6. The maximum Gasteiger partial charge on any atom is 0.267 e. The molecular formula is C21H22N2O3S2. The Morgan fingerprint density at radius 3 is 2.93 bits per heavy atom. The molecule has 5 nitrogen and oxygen atoms in total. The lowest BCUT2D eigenvalue weighted by Crippen LogP contribution is -2.27. The van der Waals surface area contributed by atoms with Gasteiger partial charge in [-0.3, -0.25) is 9.36 Å². The monoisotopic (exact) mass is 414 g/mol. The van der Waals surface area contributed by atoms with E-state index < -0.39 is 0 Å². The summed E-state index contributed by atoms with van der Waals surface area (Å²) < 4.78 is 12.7. The molecule has 1 aliphatic heterocycles. The number of thioether (sulfide) groups is 1. The molecule has 0 radical (unpaired) electrons. The van der Waals surface area contributed by atoms with Gasteiger partial charge in [0.15, 0.2) is 5.16 Å². The third-order valence-electron chi connectivity index (χ3n) is 5.37. The molecule has 28 heavy (non-hydrogen) atoms. The van der Waals surface area contributed by atoms with Crippen molar-refractivity contribution in [2.24, 2.45) is 0 Å². The highest BCUT2D eigenvalue weighted by Crippen LogP contribution is 2.36. The molecule has 1 fully saturated rings. The molecule has 1 aromatic carbocycles. The van der Waals surface area contributed by atoms with Crippen LogP contribution in [-0.2, 0) is 22.3 Å². The zero-order valence-electron chi connectivity index (χ0n) is 15.8. The number of rotatable bonds is 4. The lowest BCUT2D eigenvalue weighted by Gasteiger charge is -2.22. The lowest BCUT2D eigenvalue weighted by molar-refractivity contribution is -0.130. The molecule has 7 heteroatoms.